The van der Waals surface area contributed by atoms with E-state index in [1.807, 2.05) is 66.8 Å². The lowest BCUT2D eigenvalue weighted by atomic mass is 10.0. The first-order chi connectivity index (χ1) is 13.9. The minimum atomic E-state index is 0.215. The third-order valence-corrected chi connectivity index (χ3v) is 5.05. The lowest BCUT2D eigenvalue weighted by Gasteiger charge is -2.09. The van der Waals surface area contributed by atoms with Crippen LogP contribution in [0.5, 0.6) is 0 Å². The predicted molar refractivity (Wildman–Crippen MR) is 132 cm³/mol. The van der Waals surface area contributed by atoms with Crippen LogP contribution in [0.2, 0.25) is 0 Å². The van der Waals surface area contributed by atoms with Crippen molar-refractivity contribution in [3.05, 3.63) is 130 Å². The number of thioether (sulfide) groups is 1. The molecule has 1 atom stereocenters. The molecule has 0 amide bonds. The van der Waals surface area contributed by atoms with Crippen molar-refractivity contribution in [2.45, 2.75) is 6.92 Å². The minimum absolute atomic E-state index is 0.215. The van der Waals surface area contributed by atoms with Gasteiger partial charge in [-0.2, -0.15) is 0 Å². The number of hydrogen-bond acceptors (Lipinski definition) is 2. The summed E-state index contributed by atoms with van der Waals surface area (Å²) < 4.78 is 0. The summed E-state index contributed by atoms with van der Waals surface area (Å²) in [4.78, 5) is 6.42. The van der Waals surface area contributed by atoms with Crippen molar-refractivity contribution < 1.29 is 0 Å². The first kappa shape index (κ1) is 22.2. The molecule has 1 unspecified atom stereocenters. The van der Waals surface area contributed by atoms with Crippen LogP contribution < -0.4 is 10.4 Å². The van der Waals surface area contributed by atoms with Gasteiger partial charge >= 0.3 is 0 Å². The van der Waals surface area contributed by atoms with Crippen molar-refractivity contribution >= 4 is 30.6 Å². The molecule has 1 aromatic carbocycles. The van der Waals surface area contributed by atoms with Gasteiger partial charge in [0, 0.05) is 21.6 Å². The van der Waals surface area contributed by atoms with Gasteiger partial charge in [0.2, 0.25) is 0 Å². The zero-order valence-electron chi connectivity index (χ0n) is 17.0. The highest BCUT2D eigenvalue weighted by atomic mass is 32.2. The monoisotopic (exact) mass is 397 g/mol. The van der Waals surface area contributed by atoms with E-state index in [4.69, 9.17) is 4.99 Å². The molecule has 0 bridgehead atoms. The van der Waals surface area contributed by atoms with Crippen molar-refractivity contribution in [2.24, 2.45) is 10.9 Å². The zero-order chi connectivity index (χ0) is 21.2. The van der Waals surface area contributed by atoms with Gasteiger partial charge in [0.1, 0.15) is 0 Å². The number of nitrogens with zero attached hydrogens (tertiary/aromatic N) is 1. The van der Waals surface area contributed by atoms with E-state index in [0.29, 0.717) is 0 Å². The van der Waals surface area contributed by atoms with Gasteiger partial charge in [0.15, 0.2) is 0 Å². The van der Waals surface area contributed by atoms with Gasteiger partial charge in [-0.3, -0.25) is 4.99 Å². The van der Waals surface area contributed by atoms with Crippen molar-refractivity contribution in [3.8, 4) is 0 Å². The number of hydrogen-bond donors (Lipinski definition) is 0. The Morgan fingerprint density at radius 1 is 0.862 bits per heavy atom. The van der Waals surface area contributed by atoms with Crippen LogP contribution in [0.25, 0.3) is 13.2 Å². The summed E-state index contributed by atoms with van der Waals surface area (Å²) in [6.45, 7) is 22.8. The molecule has 0 spiro atoms. The molecule has 2 rings (SSSR count). The van der Waals surface area contributed by atoms with Crippen molar-refractivity contribution in [3.63, 3.8) is 0 Å². The fourth-order valence-corrected chi connectivity index (χ4v) is 3.21. The second-order valence-corrected chi connectivity index (χ2v) is 7.91. The van der Waals surface area contributed by atoms with Crippen LogP contribution in [0.1, 0.15) is 12.5 Å². The average molecular weight is 398 g/mol. The molecule has 2 heteroatoms. The van der Waals surface area contributed by atoms with Crippen molar-refractivity contribution in [1.29, 1.82) is 0 Å². The maximum atomic E-state index is 4.73. The van der Waals surface area contributed by atoms with Gasteiger partial charge < -0.3 is 0 Å². The summed E-state index contributed by atoms with van der Waals surface area (Å²) >= 11 is 1.49. The van der Waals surface area contributed by atoms with Gasteiger partial charge in [-0.1, -0.05) is 106 Å². The first-order valence-corrected chi connectivity index (χ1v) is 10.1. The molecule has 29 heavy (non-hydrogen) atoms. The van der Waals surface area contributed by atoms with E-state index in [1.54, 1.807) is 6.20 Å². The topological polar surface area (TPSA) is 12.4 Å². The highest BCUT2D eigenvalue weighted by Crippen LogP contribution is 2.27. The van der Waals surface area contributed by atoms with E-state index in [0.717, 1.165) is 37.1 Å². The number of allylic oxidation sites excluding steroid dienone is 7. The van der Waals surface area contributed by atoms with Crippen LogP contribution in [0.15, 0.2) is 119 Å². The summed E-state index contributed by atoms with van der Waals surface area (Å²) in [6.07, 6.45) is 11.8. The maximum absolute atomic E-state index is 4.73. The number of aliphatic imine (C=N–C) groups is 1. The zero-order valence-corrected chi connectivity index (χ0v) is 17.8. The van der Waals surface area contributed by atoms with Crippen LogP contribution in [-0.4, -0.2) is 5.71 Å². The van der Waals surface area contributed by atoms with Crippen LogP contribution >= 0.6 is 11.8 Å². The van der Waals surface area contributed by atoms with E-state index in [2.05, 4.69) is 45.9 Å². The largest absolute Gasteiger partial charge is 0.255 e. The molecule has 0 saturated carbocycles. The summed E-state index contributed by atoms with van der Waals surface area (Å²) in [5, 5.41) is 1.77. The molecule has 0 fully saturated rings. The van der Waals surface area contributed by atoms with Gasteiger partial charge in [0.25, 0.3) is 0 Å². The van der Waals surface area contributed by atoms with E-state index < -0.39 is 0 Å². The van der Waals surface area contributed by atoms with E-state index in [1.165, 1.54) is 11.8 Å². The quantitative estimate of drug-likeness (QED) is 0.565. The standard InChI is InChI=1S/C27H27NS/c1-20-11-7-8-12-21(2)19-26(16-15-20)27-25(6)29-24(5)14-10-9-13-22(3)23(4)17-18-28-27/h7-19,22H,1-2,4-6H2,3H3/b11-7?,12-8?,13-9-,14-10-,16-15?,18-17-,26-19?,28-27+. The van der Waals surface area contributed by atoms with E-state index in [9.17, 15) is 0 Å². The molecule has 0 saturated heterocycles. The van der Waals surface area contributed by atoms with Crippen LogP contribution in [0.3, 0.4) is 0 Å². The fraction of sp³-hybridized carbons (Fsp3) is 0.0741. The summed E-state index contributed by atoms with van der Waals surface area (Å²) in [5.74, 6) is 0.215. The molecule has 1 aromatic rings. The van der Waals surface area contributed by atoms with Crippen LogP contribution in [0.4, 0.5) is 0 Å². The Morgan fingerprint density at radius 3 is 2.34 bits per heavy atom. The minimum Gasteiger partial charge on any atom is -0.255 e. The Morgan fingerprint density at radius 2 is 1.59 bits per heavy atom. The molecular formula is C27H27NS. The van der Waals surface area contributed by atoms with E-state index >= 15 is 0 Å². The Kier molecular flexibility index (Phi) is 8.45. The smallest absolute Gasteiger partial charge is 0.0835 e. The fourth-order valence-electron chi connectivity index (χ4n) is 2.48. The first-order valence-electron chi connectivity index (χ1n) is 9.33. The van der Waals surface area contributed by atoms with Gasteiger partial charge in [0.05, 0.1) is 5.71 Å². The highest BCUT2D eigenvalue weighted by molar-refractivity contribution is 8.07. The molecule has 0 aromatic heterocycles. The molecular weight excluding hydrogens is 370 g/mol. The van der Waals surface area contributed by atoms with Crippen LogP contribution in [-0.2, 0) is 0 Å². The van der Waals surface area contributed by atoms with Gasteiger partial charge in [-0.15, -0.1) is 0 Å². The third-order valence-electron chi connectivity index (χ3n) is 4.21. The normalized spacial score (nSPS) is 22.7. The Balaban J connectivity index is 2.66. The Labute approximate surface area is 178 Å². The molecule has 146 valence electrons. The second-order valence-electron chi connectivity index (χ2n) is 6.69. The lowest BCUT2D eigenvalue weighted by molar-refractivity contribution is 0.895. The average Bonchev–Trinajstić information content (AvgIpc) is 2.68. The number of rotatable bonds is 1. The molecule has 1 aliphatic heterocycles. The molecule has 1 nitrogen and oxygen atoms in total. The molecule has 0 aliphatic carbocycles. The second kappa shape index (κ2) is 11.0. The molecule has 1 aliphatic rings. The molecule has 0 radical (unpaired) electrons. The highest BCUT2D eigenvalue weighted by Gasteiger charge is 2.09. The third kappa shape index (κ3) is 7.44. The lowest BCUT2D eigenvalue weighted by Crippen LogP contribution is -2.06. The van der Waals surface area contributed by atoms with Crippen molar-refractivity contribution in [2.75, 3.05) is 0 Å². The van der Waals surface area contributed by atoms with E-state index in [-0.39, 0.29) is 5.92 Å². The molecule has 0 N–H and O–H groups in total. The van der Waals surface area contributed by atoms with Crippen molar-refractivity contribution in [1.82, 2.24) is 0 Å². The molecule has 1 heterocycles. The van der Waals surface area contributed by atoms with Crippen LogP contribution in [0, 0.1) is 5.92 Å². The SMILES string of the molecule is C=C1/C=C\C=C/C(C)C(=C)/C=C\N=C(\c2ccc(=C)ccccc(=C)c2)C(=C)S1. The summed E-state index contributed by atoms with van der Waals surface area (Å²) in [7, 11) is 0. The maximum Gasteiger partial charge on any atom is 0.0835 e. The Hall–Kier alpha value is -3.10. The summed E-state index contributed by atoms with van der Waals surface area (Å²) in [6, 6.07) is 13.7. The predicted octanol–water partition coefficient (Wildman–Crippen LogP) is 6.01. The Bertz CT molecular complexity index is 1080. The summed E-state index contributed by atoms with van der Waals surface area (Å²) in [5.41, 5.74) is 2.65. The van der Waals surface area contributed by atoms with Gasteiger partial charge in [-0.25, -0.2) is 0 Å². The van der Waals surface area contributed by atoms with Gasteiger partial charge in [-0.05, 0) is 40.1 Å².